The first-order chi connectivity index (χ1) is 7.71. The Bertz CT molecular complexity index is 259. The topological polar surface area (TPSA) is 20.2 Å². The molecule has 0 unspecified atom stereocenters. The monoisotopic (exact) mass is 224 g/mol. The Labute approximate surface area is 99.2 Å². The zero-order chi connectivity index (χ0) is 11.2. The van der Waals surface area contributed by atoms with E-state index in [1.807, 2.05) is 0 Å². The Morgan fingerprint density at radius 2 is 1.62 bits per heavy atom. The molecular weight excluding hydrogens is 198 g/mol. The molecule has 1 N–H and O–H groups in total. The Morgan fingerprint density at radius 3 is 2.38 bits per heavy atom. The van der Waals surface area contributed by atoms with Gasteiger partial charge in [0.2, 0.25) is 0 Å². The summed E-state index contributed by atoms with van der Waals surface area (Å²) in [6, 6.07) is 0.772. The lowest BCUT2D eigenvalue weighted by atomic mass is 9.80. The molecule has 0 aromatic heterocycles. The van der Waals surface area contributed by atoms with Crippen LogP contribution in [0.1, 0.15) is 44.9 Å². The number of hydrogen-bond acceptors (Lipinski definition) is 1. The fourth-order valence-corrected chi connectivity index (χ4v) is 4.77. The standard InChI is InChI=1S/C14H26NO/c1-15(9-3-2-4-10-15)13-8-6-11-5-7-12(13)14(11)16/h11-14,16H,2-10H2,1H3/q+1/t11-,12+,13+,14+/m1/s1. The summed E-state index contributed by atoms with van der Waals surface area (Å²) in [6.07, 6.45) is 9.52. The van der Waals surface area contributed by atoms with E-state index < -0.39 is 0 Å². The summed E-state index contributed by atoms with van der Waals surface area (Å²) in [6.45, 7) is 2.72. The molecule has 3 fully saturated rings. The van der Waals surface area contributed by atoms with E-state index in [0.717, 1.165) is 6.04 Å². The number of fused-ring (bicyclic) bond motifs is 2. The van der Waals surface area contributed by atoms with E-state index in [2.05, 4.69) is 7.05 Å². The quantitative estimate of drug-likeness (QED) is 0.677. The van der Waals surface area contributed by atoms with Gasteiger partial charge in [-0.1, -0.05) is 0 Å². The van der Waals surface area contributed by atoms with Crippen LogP contribution in [-0.4, -0.2) is 41.9 Å². The molecule has 0 amide bonds. The Balaban J connectivity index is 1.78. The van der Waals surface area contributed by atoms with Gasteiger partial charge in [-0.05, 0) is 44.4 Å². The van der Waals surface area contributed by atoms with Crippen molar-refractivity contribution in [2.24, 2.45) is 11.8 Å². The van der Waals surface area contributed by atoms with E-state index in [0.29, 0.717) is 11.8 Å². The van der Waals surface area contributed by atoms with Crippen molar-refractivity contribution in [2.45, 2.75) is 57.1 Å². The first-order valence-electron chi connectivity index (χ1n) is 7.23. The van der Waals surface area contributed by atoms with Crippen LogP contribution in [0.2, 0.25) is 0 Å². The molecule has 1 saturated heterocycles. The Kier molecular flexibility index (Phi) is 2.75. The molecule has 1 heterocycles. The van der Waals surface area contributed by atoms with E-state index in [1.54, 1.807) is 0 Å². The molecule has 16 heavy (non-hydrogen) atoms. The van der Waals surface area contributed by atoms with Gasteiger partial charge in [0, 0.05) is 12.3 Å². The van der Waals surface area contributed by atoms with Gasteiger partial charge in [0.05, 0.1) is 32.3 Å². The van der Waals surface area contributed by atoms with Gasteiger partial charge in [0.15, 0.2) is 0 Å². The van der Waals surface area contributed by atoms with Crippen molar-refractivity contribution in [2.75, 3.05) is 20.1 Å². The lowest BCUT2D eigenvalue weighted by molar-refractivity contribution is -0.942. The predicted octanol–water partition coefficient (Wildman–Crippen LogP) is 2.17. The van der Waals surface area contributed by atoms with Crippen molar-refractivity contribution in [3.05, 3.63) is 0 Å². The number of hydrogen-bond donors (Lipinski definition) is 1. The number of aliphatic hydroxyl groups is 1. The number of nitrogens with zero attached hydrogens (tertiary/aromatic N) is 1. The number of piperidine rings is 1. The van der Waals surface area contributed by atoms with E-state index in [1.165, 1.54) is 62.5 Å². The molecule has 2 bridgehead atoms. The first kappa shape index (κ1) is 11.0. The third-order valence-electron chi connectivity index (χ3n) is 5.76. The maximum Gasteiger partial charge on any atom is 0.0941 e. The van der Waals surface area contributed by atoms with Crippen LogP contribution in [0, 0.1) is 11.8 Å². The second kappa shape index (κ2) is 3.99. The molecule has 2 saturated carbocycles. The van der Waals surface area contributed by atoms with Crippen molar-refractivity contribution < 1.29 is 9.59 Å². The Hall–Kier alpha value is -0.0800. The largest absolute Gasteiger partial charge is 0.392 e. The summed E-state index contributed by atoms with van der Waals surface area (Å²) in [5.74, 6) is 1.28. The molecular formula is C14H26NO+. The SMILES string of the molecule is C[N+]1([C@H]2CC[C@H]3CC[C@@H]2[C@H]3O)CCCCC1. The predicted molar refractivity (Wildman–Crippen MR) is 65.0 cm³/mol. The summed E-state index contributed by atoms with van der Waals surface area (Å²) in [5, 5.41) is 10.3. The minimum atomic E-state index is 0.0376. The van der Waals surface area contributed by atoms with Crippen molar-refractivity contribution in [3.8, 4) is 0 Å². The molecule has 2 nitrogen and oxygen atoms in total. The average molecular weight is 224 g/mol. The van der Waals surface area contributed by atoms with Gasteiger partial charge in [-0.2, -0.15) is 0 Å². The highest BCUT2D eigenvalue weighted by molar-refractivity contribution is 4.94. The van der Waals surface area contributed by atoms with Gasteiger partial charge >= 0.3 is 0 Å². The van der Waals surface area contributed by atoms with Crippen LogP contribution >= 0.6 is 0 Å². The zero-order valence-electron chi connectivity index (χ0n) is 10.6. The maximum absolute atomic E-state index is 10.3. The van der Waals surface area contributed by atoms with Crippen LogP contribution in [0.15, 0.2) is 0 Å². The molecule has 3 aliphatic rings. The highest BCUT2D eigenvalue weighted by atomic mass is 16.3. The number of quaternary nitrogens is 1. The molecule has 0 aromatic rings. The van der Waals surface area contributed by atoms with Crippen LogP contribution in [0.4, 0.5) is 0 Å². The molecule has 4 atom stereocenters. The normalized spacial score (nSPS) is 46.9. The van der Waals surface area contributed by atoms with Gasteiger partial charge < -0.3 is 9.59 Å². The molecule has 3 rings (SSSR count). The van der Waals surface area contributed by atoms with Crippen LogP contribution < -0.4 is 0 Å². The van der Waals surface area contributed by atoms with Crippen molar-refractivity contribution in [1.82, 2.24) is 0 Å². The van der Waals surface area contributed by atoms with Gasteiger partial charge in [0.25, 0.3) is 0 Å². The van der Waals surface area contributed by atoms with E-state index in [9.17, 15) is 5.11 Å². The number of likely N-dealkylation sites (tertiary alicyclic amines) is 1. The smallest absolute Gasteiger partial charge is 0.0941 e. The highest BCUT2D eigenvalue weighted by Crippen LogP contribution is 2.46. The minimum Gasteiger partial charge on any atom is -0.392 e. The molecule has 2 heteroatoms. The molecule has 0 radical (unpaired) electrons. The lowest BCUT2D eigenvalue weighted by Gasteiger charge is -2.49. The first-order valence-corrected chi connectivity index (χ1v) is 7.23. The highest BCUT2D eigenvalue weighted by Gasteiger charge is 2.50. The fourth-order valence-electron chi connectivity index (χ4n) is 4.77. The Morgan fingerprint density at radius 1 is 0.938 bits per heavy atom. The third kappa shape index (κ3) is 1.62. The summed E-state index contributed by atoms with van der Waals surface area (Å²) >= 11 is 0. The van der Waals surface area contributed by atoms with Crippen molar-refractivity contribution in [1.29, 1.82) is 0 Å². The molecule has 0 spiro atoms. The summed E-state index contributed by atoms with van der Waals surface area (Å²) in [5.41, 5.74) is 0. The number of aliphatic hydroxyl groups excluding tert-OH is 1. The third-order valence-corrected chi connectivity index (χ3v) is 5.76. The molecule has 2 aliphatic carbocycles. The fraction of sp³-hybridized carbons (Fsp3) is 1.00. The van der Waals surface area contributed by atoms with Crippen molar-refractivity contribution in [3.63, 3.8) is 0 Å². The van der Waals surface area contributed by atoms with Gasteiger partial charge in [-0.25, -0.2) is 0 Å². The zero-order valence-corrected chi connectivity index (χ0v) is 10.6. The van der Waals surface area contributed by atoms with Crippen LogP contribution in [0.3, 0.4) is 0 Å². The average Bonchev–Trinajstić information content (AvgIpc) is 2.53. The second-order valence-electron chi connectivity index (χ2n) is 6.62. The summed E-state index contributed by atoms with van der Waals surface area (Å²) < 4.78 is 1.27. The molecule has 92 valence electrons. The van der Waals surface area contributed by atoms with E-state index in [4.69, 9.17) is 0 Å². The van der Waals surface area contributed by atoms with Gasteiger partial charge in [0.1, 0.15) is 0 Å². The van der Waals surface area contributed by atoms with Gasteiger partial charge in [-0.3, -0.25) is 0 Å². The number of rotatable bonds is 1. The molecule has 1 aliphatic heterocycles. The lowest BCUT2D eigenvalue weighted by Crippen LogP contribution is -2.60. The minimum absolute atomic E-state index is 0.0376. The van der Waals surface area contributed by atoms with Crippen molar-refractivity contribution >= 4 is 0 Å². The maximum atomic E-state index is 10.3. The second-order valence-corrected chi connectivity index (χ2v) is 6.62. The molecule has 0 aromatic carbocycles. The van der Waals surface area contributed by atoms with E-state index >= 15 is 0 Å². The van der Waals surface area contributed by atoms with Gasteiger partial charge in [-0.15, -0.1) is 0 Å². The summed E-state index contributed by atoms with van der Waals surface area (Å²) in [7, 11) is 2.45. The van der Waals surface area contributed by atoms with Crippen LogP contribution in [-0.2, 0) is 0 Å². The summed E-state index contributed by atoms with van der Waals surface area (Å²) in [4.78, 5) is 0. The van der Waals surface area contributed by atoms with E-state index in [-0.39, 0.29) is 6.10 Å². The van der Waals surface area contributed by atoms with Crippen LogP contribution in [0.25, 0.3) is 0 Å². The van der Waals surface area contributed by atoms with Crippen LogP contribution in [0.5, 0.6) is 0 Å².